The molecule has 1 saturated heterocycles. The van der Waals surface area contributed by atoms with Crippen molar-refractivity contribution < 1.29 is 19.4 Å². The molecule has 0 aliphatic carbocycles. The summed E-state index contributed by atoms with van der Waals surface area (Å²) in [5.74, 6) is -0.614. The Balaban J connectivity index is 1.86. The van der Waals surface area contributed by atoms with Crippen LogP contribution in [-0.2, 0) is 9.59 Å². The lowest BCUT2D eigenvalue weighted by atomic mass is 9.94. The number of aliphatic hydroxyl groups is 1. The third-order valence-corrected chi connectivity index (χ3v) is 5.64. The molecule has 33 heavy (non-hydrogen) atoms. The molecule has 1 unspecified atom stereocenters. The van der Waals surface area contributed by atoms with E-state index in [-0.39, 0.29) is 11.3 Å². The van der Waals surface area contributed by atoms with Gasteiger partial charge in [0.1, 0.15) is 17.3 Å². The summed E-state index contributed by atoms with van der Waals surface area (Å²) in [6.45, 7) is 6.46. The lowest BCUT2D eigenvalue weighted by molar-refractivity contribution is -0.132. The number of carbonyl (C=O) groups is 2. The minimum Gasteiger partial charge on any atom is -0.507 e. The smallest absolute Gasteiger partial charge is 0.301 e. The zero-order valence-electron chi connectivity index (χ0n) is 18.9. The largest absolute Gasteiger partial charge is 0.507 e. The van der Waals surface area contributed by atoms with Crippen molar-refractivity contribution in [3.63, 3.8) is 0 Å². The number of ketones is 1. The monoisotopic (exact) mass is 442 g/mol. The first-order valence-corrected chi connectivity index (χ1v) is 10.9. The van der Waals surface area contributed by atoms with Crippen molar-refractivity contribution >= 4 is 23.3 Å². The van der Waals surface area contributed by atoms with E-state index in [0.717, 1.165) is 23.3 Å². The Labute approximate surface area is 193 Å². The summed E-state index contributed by atoms with van der Waals surface area (Å²) < 4.78 is 5.73. The molecular formula is C27H26N2O4. The molecule has 1 fully saturated rings. The van der Waals surface area contributed by atoms with E-state index in [1.807, 2.05) is 45.0 Å². The molecule has 0 spiro atoms. The maximum absolute atomic E-state index is 13.2. The normalized spacial score (nSPS) is 17.4. The van der Waals surface area contributed by atoms with E-state index >= 15 is 0 Å². The number of rotatable bonds is 6. The van der Waals surface area contributed by atoms with E-state index < -0.39 is 17.7 Å². The number of Topliss-reactive ketones (excluding diaryl/α,β-unsaturated/α-hetero) is 1. The van der Waals surface area contributed by atoms with Crippen LogP contribution in [0.3, 0.4) is 0 Å². The van der Waals surface area contributed by atoms with E-state index in [0.29, 0.717) is 23.6 Å². The van der Waals surface area contributed by atoms with Crippen LogP contribution in [-0.4, -0.2) is 28.4 Å². The third kappa shape index (κ3) is 4.24. The van der Waals surface area contributed by atoms with Gasteiger partial charge in [0.2, 0.25) is 0 Å². The molecule has 6 nitrogen and oxygen atoms in total. The predicted molar refractivity (Wildman–Crippen MR) is 127 cm³/mol. The van der Waals surface area contributed by atoms with Crippen molar-refractivity contribution in [3.05, 3.63) is 94.7 Å². The molecule has 1 aliphatic heterocycles. The minimum atomic E-state index is -0.795. The highest BCUT2D eigenvalue weighted by atomic mass is 16.5. The van der Waals surface area contributed by atoms with Crippen LogP contribution in [0.15, 0.2) is 72.4 Å². The van der Waals surface area contributed by atoms with Crippen molar-refractivity contribution in [3.8, 4) is 5.75 Å². The molecular weight excluding hydrogens is 416 g/mol. The van der Waals surface area contributed by atoms with Gasteiger partial charge in [-0.3, -0.25) is 14.5 Å². The van der Waals surface area contributed by atoms with Crippen LogP contribution in [0.5, 0.6) is 5.75 Å². The summed E-state index contributed by atoms with van der Waals surface area (Å²) >= 11 is 0. The molecule has 1 amide bonds. The Hall–Kier alpha value is -3.93. The number of ether oxygens (including phenoxy) is 1. The summed E-state index contributed by atoms with van der Waals surface area (Å²) in [7, 11) is 0. The standard InChI is InChI=1S/C27H26N2O4/c1-4-15-33-21-13-12-20(16-18(21)3)25(30)23-24(19-10-8-17(2)9-11-19)29(27(32)26(23)31)22-7-5-6-14-28-22/h5-14,16,24,30H,4,15H2,1-3H3/b25-23-. The molecule has 1 aromatic heterocycles. The zero-order valence-corrected chi connectivity index (χ0v) is 18.9. The van der Waals surface area contributed by atoms with E-state index in [1.165, 1.54) is 4.90 Å². The average Bonchev–Trinajstić information content (AvgIpc) is 3.09. The van der Waals surface area contributed by atoms with E-state index in [2.05, 4.69) is 4.98 Å². The number of aromatic nitrogens is 1. The van der Waals surface area contributed by atoms with Crippen molar-refractivity contribution in [2.24, 2.45) is 0 Å². The lowest BCUT2D eigenvalue weighted by Crippen LogP contribution is -2.30. The van der Waals surface area contributed by atoms with Gasteiger partial charge >= 0.3 is 5.91 Å². The van der Waals surface area contributed by atoms with Crippen molar-refractivity contribution in [2.75, 3.05) is 11.5 Å². The first-order valence-electron chi connectivity index (χ1n) is 10.9. The fraction of sp³-hybridized carbons (Fsp3) is 0.222. The number of anilines is 1. The van der Waals surface area contributed by atoms with Crippen molar-refractivity contribution in [1.29, 1.82) is 0 Å². The maximum atomic E-state index is 13.2. The van der Waals surface area contributed by atoms with Gasteiger partial charge in [0, 0.05) is 11.8 Å². The van der Waals surface area contributed by atoms with Crippen LogP contribution in [0, 0.1) is 13.8 Å². The van der Waals surface area contributed by atoms with Gasteiger partial charge in [-0.05, 0) is 61.7 Å². The van der Waals surface area contributed by atoms with Gasteiger partial charge in [0.15, 0.2) is 0 Å². The summed E-state index contributed by atoms with van der Waals surface area (Å²) in [4.78, 5) is 31.9. The second kappa shape index (κ2) is 9.28. The van der Waals surface area contributed by atoms with Crippen LogP contribution in [0.1, 0.15) is 41.6 Å². The third-order valence-electron chi connectivity index (χ3n) is 5.64. The van der Waals surface area contributed by atoms with Gasteiger partial charge in [-0.15, -0.1) is 0 Å². The number of nitrogens with zero attached hydrogens (tertiary/aromatic N) is 2. The van der Waals surface area contributed by atoms with E-state index in [9.17, 15) is 14.7 Å². The second-order valence-corrected chi connectivity index (χ2v) is 8.10. The number of carbonyl (C=O) groups excluding carboxylic acids is 2. The van der Waals surface area contributed by atoms with Crippen LogP contribution in [0.25, 0.3) is 5.76 Å². The zero-order chi connectivity index (χ0) is 23.5. The summed E-state index contributed by atoms with van der Waals surface area (Å²) in [5, 5.41) is 11.3. The molecule has 168 valence electrons. The second-order valence-electron chi connectivity index (χ2n) is 8.10. The van der Waals surface area contributed by atoms with Gasteiger partial charge in [-0.25, -0.2) is 4.98 Å². The SMILES string of the molecule is CCCOc1ccc(/C(O)=C2/C(=O)C(=O)N(c3ccccn3)C2c2ccc(C)cc2)cc1C. The van der Waals surface area contributed by atoms with Gasteiger partial charge in [-0.2, -0.15) is 0 Å². The van der Waals surface area contributed by atoms with E-state index in [1.54, 1.807) is 42.6 Å². The first kappa shape index (κ1) is 22.3. The quantitative estimate of drug-likeness (QED) is 0.326. The fourth-order valence-corrected chi connectivity index (χ4v) is 3.96. The van der Waals surface area contributed by atoms with Crippen molar-refractivity contribution in [1.82, 2.24) is 4.98 Å². The number of benzene rings is 2. The highest BCUT2D eigenvalue weighted by molar-refractivity contribution is 6.51. The molecule has 6 heteroatoms. The first-order chi connectivity index (χ1) is 15.9. The molecule has 0 bridgehead atoms. The molecule has 0 saturated carbocycles. The highest BCUT2D eigenvalue weighted by Crippen LogP contribution is 2.41. The Morgan fingerprint density at radius 2 is 1.82 bits per heavy atom. The average molecular weight is 443 g/mol. The minimum absolute atomic E-state index is 0.0381. The summed E-state index contributed by atoms with van der Waals surface area (Å²) in [6, 6.07) is 17.2. The van der Waals surface area contributed by atoms with Gasteiger partial charge in [0.05, 0.1) is 18.2 Å². The molecule has 2 heterocycles. The number of aliphatic hydroxyl groups excluding tert-OH is 1. The van der Waals surface area contributed by atoms with Gasteiger partial charge in [-0.1, -0.05) is 42.8 Å². The predicted octanol–water partition coefficient (Wildman–Crippen LogP) is 5.11. The molecule has 0 radical (unpaired) electrons. The maximum Gasteiger partial charge on any atom is 0.301 e. The number of hydrogen-bond donors (Lipinski definition) is 1. The molecule has 1 atom stereocenters. The van der Waals surface area contributed by atoms with Crippen molar-refractivity contribution in [2.45, 2.75) is 33.2 Å². The van der Waals surface area contributed by atoms with Crippen LogP contribution >= 0.6 is 0 Å². The number of amides is 1. The Bertz CT molecular complexity index is 1220. The topological polar surface area (TPSA) is 79.7 Å². The Morgan fingerprint density at radius 3 is 2.45 bits per heavy atom. The molecule has 4 rings (SSSR count). The van der Waals surface area contributed by atoms with Crippen LogP contribution in [0.2, 0.25) is 0 Å². The number of aryl methyl sites for hydroxylation is 2. The van der Waals surface area contributed by atoms with Crippen LogP contribution in [0.4, 0.5) is 5.82 Å². The summed E-state index contributed by atoms with van der Waals surface area (Å²) in [5.41, 5.74) is 3.08. The number of hydrogen-bond acceptors (Lipinski definition) is 5. The van der Waals surface area contributed by atoms with Gasteiger partial charge in [0.25, 0.3) is 5.78 Å². The van der Waals surface area contributed by atoms with Gasteiger partial charge < -0.3 is 9.84 Å². The summed E-state index contributed by atoms with van der Waals surface area (Å²) in [6.07, 6.45) is 2.45. The molecule has 2 aromatic carbocycles. The highest BCUT2D eigenvalue weighted by Gasteiger charge is 2.47. The van der Waals surface area contributed by atoms with Crippen LogP contribution < -0.4 is 9.64 Å². The Kier molecular flexibility index (Phi) is 6.27. The number of pyridine rings is 1. The molecule has 1 N–H and O–H groups in total. The molecule has 3 aromatic rings. The molecule has 1 aliphatic rings. The lowest BCUT2D eigenvalue weighted by Gasteiger charge is -2.24. The van der Waals surface area contributed by atoms with E-state index in [4.69, 9.17) is 4.74 Å². The fourth-order valence-electron chi connectivity index (χ4n) is 3.96. The Morgan fingerprint density at radius 1 is 1.06 bits per heavy atom.